The number of ketones is 1. The molecule has 0 saturated heterocycles. The fourth-order valence-corrected chi connectivity index (χ4v) is 1.55. The summed E-state index contributed by atoms with van der Waals surface area (Å²) in [6, 6.07) is 4.75. The summed E-state index contributed by atoms with van der Waals surface area (Å²) in [5, 5.41) is 12.1. The molecule has 0 saturated carbocycles. The third kappa shape index (κ3) is 5.44. The molecule has 0 unspecified atom stereocenters. The van der Waals surface area contributed by atoms with Crippen molar-refractivity contribution in [2.45, 2.75) is 6.92 Å². The van der Waals surface area contributed by atoms with E-state index in [0.29, 0.717) is 6.08 Å². The van der Waals surface area contributed by atoms with Gasteiger partial charge in [0.05, 0.1) is 26.4 Å². The van der Waals surface area contributed by atoms with E-state index >= 15 is 0 Å². The normalized spacial score (nSPS) is 10.3. The van der Waals surface area contributed by atoms with Crippen LogP contribution in [0.15, 0.2) is 24.3 Å². The minimum Gasteiger partial charge on any atom is -0.872 e. The standard InChI is InChI=1S/C14H16O6.K/c1-4-20-14(17)10(16)8-9(15)13-11(18-2)6-5-7-12(13)19-3;/h5-8,15H,4H2,1-3H3;/q;+1/p-1. The summed E-state index contributed by atoms with van der Waals surface area (Å²) in [5.41, 5.74) is 0.0788. The molecule has 0 bridgehead atoms. The molecule has 1 aromatic carbocycles. The summed E-state index contributed by atoms with van der Waals surface area (Å²) in [7, 11) is 2.78. The van der Waals surface area contributed by atoms with E-state index in [1.54, 1.807) is 25.1 Å². The van der Waals surface area contributed by atoms with Crippen molar-refractivity contribution in [1.82, 2.24) is 0 Å². The van der Waals surface area contributed by atoms with Crippen LogP contribution in [0, 0.1) is 0 Å². The average Bonchev–Trinajstić information content (AvgIpc) is 2.46. The van der Waals surface area contributed by atoms with Crippen LogP contribution in [0.25, 0.3) is 5.76 Å². The number of methoxy groups -OCH3 is 2. The number of esters is 1. The average molecular weight is 318 g/mol. The van der Waals surface area contributed by atoms with E-state index in [2.05, 4.69) is 4.74 Å². The van der Waals surface area contributed by atoms with Gasteiger partial charge in [-0.1, -0.05) is 11.8 Å². The minimum absolute atomic E-state index is 0. The Labute approximate surface area is 165 Å². The van der Waals surface area contributed by atoms with E-state index in [0.717, 1.165) is 0 Å². The van der Waals surface area contributed by atoms with Crippen LogP contribution in [-0.4, -0.2) is 32.6 Å². The smallest absolute Gasteiger partial charge is 0.872 e. The van der Waals surface area contributed by atoms with Crippen molar-refractivity contribution in [2.75, 3.05) is 20.8 Å². The largest absolute Gasteiger partial charge is 1.00 e. The fraction of sp³-hybridized carbons (Fsp3) is 0.286. The Balaban J connectivity index is 0.00000400. The molecule has 0 aliphatic carbocycles. The van der Waals surface area contributed by atoms with E-state index in [9.17, 15) is 14.7 Å². The molecular formula is C14H15KO6. The molecule has 0 aliphatic rings. The molecule has 21 heavy (non-hydrogen) atoms. The van der Waals surface area contributed by atoms with Gasteiger partial charge in [0, 0.05) is 0 Å². The van der Waals surface area contributed by atoms with Crippen molar-refractivity contribution < 1.29 is 80.3 Å². The predicted octanol–water partition coefficient (Wildman–Crippen LogP) is -2.46. The molecule has 0 aromatic heterocycles. The van der Waals surface area contributed by atoms with Crippen LogP contribution in [-0.2, 0) is 14.3 Å². The molecular weight excluding hydrogens is 303 g/mol. The van der Waals surface area contributed by atoms with Crippen LogP contribution in [0.3, 0.4) is 0 Å². The number of benzene rings is 1. The molecule has 0 amide bonds. The molecule has 0 fully saturated rings. The maximum atomic E-state index is 12.1. The predicted molar refractivity (Wildman–Crippen MR) is 69.2 cm³/mol. The van der Waals surface area contributed by atoms with Gasteiger partial charge < -0.3 is 19.3 Å². The number of hydrogen-bond donors (Lipinski definition) is 0. The summed E-state index contributed by atoms with van der Waals surface area (Å²) < 4.78 is 14.6. The Morgan fingerprint density at radius 2 is 1.71 bits per heavy atom. The van der Waals surface area contributed by atoms with Crippen molar-refractivity contribution in [3.05, 3.63) is 29.8 Å². The monoisotopic (exact) mass is 318 g/mol. The Morgan fingerprint density at radius 1 is 1.19 bits per heavy atom. The molecule has 0 N–H and O–H groups in total. The maximum absolute atomic E-state index is 12.1. The van der Waals surface area contributed by atoms with E-state index in [1.165, 1.54) is 14.2 Å². The van der Waals surface area contributed by atoms with Crippen molar-refractivity contribution >= 4 is 17.5 Å². The summed E-state index contributed by atoms with van der Waals surface area (Å²) in [6.45, 7) is 1.63. The molecule has 0 radical (unpaired) electrons. The summed E-state index contributed by atoms with van der Waals surface area (Å²) in [5.74, 6) is -2.28. The van der Waals surface area contributed by atoms with Gasteiger partial charge in [0.25, 0.3) is 5.78 Å². The Bertz CT molecular complexity index is 516. The summed E-state index contributed by atoms with van der Waals surface area (Å²) in [4.78, 5) is 22.7. The molecule has 0 spiro atoms. The van der Waals surface area contributed by atoms with Crippen molar-refractivity contribution in [2.24, 2.45) is 0 Å². The maximum Gasteiger partial charge on any atom is 1.00 e. The zero-order valence-corrected chi connectivity index (χ0v) is 15.6. The SMILES string of the molecule is CCOC(=O)C(=O)C=C([O-])c1c(OC)cccc1OC.[K+]. The topological polar surface area (TPSA) is 84.9 Å². The first-order valence-electron chi connectivity index (χ1n) is 5.86. The first-order valence-corrected chi connectivity index (χ1v) is 5.86. The first-order chi connectivity index (χ1) is 9.54. The van der Waals surface area contributed by atoms with E-state index in [4.69, 9.17) is 9.47 Å². The molecule has 7 heteroatoms. The van der Waals surface area contributed by atoms with Crippen LogP contribution in [0.5, 0.6) is 11.5 Å². The second-order valence-corrected chi connectivity index (χ2v) is 3.63. The minimum atomic E-state index is -1.07. The van der Waals surface area contributed by atoms with Crippen LogP contribution < -0.4 is 66.0 Å². The second kappa shape index (κ2) is 9.96. The van der Waals surface area contributed by atoms with Crippen LogP contribution in [0.1, 0.15) is 12.5 Å². The number of carbonyl (C=O) groups is 2. The van der Waals surface area contributed by atoms with E-state index in [1.807, 2.05) is 0 Å². The molecule has 108 valence electrons. The van der Waals surface area contributed by atoms with Gasteiger partial charge >= 0.3 is 57.4 Å². The Morgan fingerprint density at radius 3 is 2.14 bits per heavy atom. The van der Waals surface area contributed by atoms with Gasteiger partial charge in [0.2, 0.25) is 0 Å². The number of carbonyl (C=O) groups excluding carboxylic acids is 2. The molecule has 0 heterocycles. The van der Waals surface area contributed by atoms with Crippen molar-refractivity contribution in [3.63, 3.8) is 0 Å². The number of ether oxygens (including phenoxy) is 3. The quantitative estimate of drug-likeness (QED) is 0.190. The third-order valence-corrected chi connectivity index (χ3v) is 2.41. The van der Waals surface area contributed by atoms with Gasteiger partial charge in [0.15, 0.2) is 0 Å². The van der Waals surface area contributed by atoms with Crippen LogP contribution in [0.4, 0.5) is 0 Å². The van der Waals surface area contributed by atoms with E-state index in [-0.39, 0.29) is 75.1 Å². The molecule has 1 rings (SSSR count). The third-order valence-electron chi connectivity index (χ3n) is 2.41. The Hall–Kier alpha value is -0.864. The van der Waals surface area contributed by atoms with Gasteiger partial charge in [-0.05, 0) is 25.1 Å². The van der Waals surface area contributed by atoms with Crippen molar-refractivity contribution in [3.8, 4) is 11.5 Å². The molecule has 0 atom stereocenters. The zero-order chi connectivity index (χ0) is 15.1. The summed E-state index contributed by atoms with van der Waals surface area (Å²) >= 11 is 0. The van der Waals surface area contributed by atoms with Crippen LogP contribution >= 0.6 is 0 Å². The van der Waals surface area contributed by atoms with Gasteiger partial charge in [-0.3, -0.25) is 4.79 Å². The first kappa shape index (κ1) is 20.1. The van der Waals surface area contributed by atoms with Gasteiger partial charge in [-0.2, -0.15) is 0 Å². The zero-order valence-electron chi connectivity index (χ0n) is 12.5. The fourth-order valence-electron chi connectivity index (χ4n) is 1.55. The number of rotatable bonds is 6. The van der Waals surface area contributed by atoms with Crippen LogP contribution in [0.2, 0.25) is 0 Å². The summed E-state index contributed by atoms with van der Waals surface area (Å²) in [6.07, 6.45) is 0.665. The molecule has 6 nitrogen and oxygen atoms in total. The van der Waals surface area contributed by atoms with Gasteiger partial charge in [-0.15, -0.1) is 0 Å². The van der Waals surface area contributed by atoms with Crippen molar-refractivity contribution in [1.29, 1.82) is 0 Å². The van der Waals surface area contributed by atoms with Gasteiger partial charge in [0.1, 0.15) is 11.5 Å². The Kier molecular flexibility index (Phi) is 9.55. The number of hydrogen-bond acceptors (Lipinski definition) is 6. The molecule has 0 aliphatic heterocycles. The van der Waals surface area contributed by atoms with Gasteiger partial charge in [-0.25, -0.2) is 4.79 Å². The molecule has 1 aromatic rings. The second-order valence-electron chi connectivity index (χ2n) is 3.63. The van der Waals surface area contributed by atoms with E-state index < -0.39 is 17.5 Å².